The van der Waals surface area contributed by atoms with Gasteiger partial charge >= 0.3 is 0 Å². The number of rotatable bonds is 3. The summed E-state index contributed by atoms with van der Waals surface area (Å²) in [6.07, 6.45) is 4.00. The van der Waals surface area contributed by atoms with Gasteiger partial charge in [-0.05, 0) is 45.0 Å². The monoisotopic (exact) mass is 230 g/mol. The van der Waals surface area contributed by atoms with E-state index in [1.807, 2.05) is 0 Å². The molecule has 2 aliphatic rings. The lowest BCUT2D eigenvalue weighted by atomic mass is 10.0. The molecule has 1 aliphatic heterocycles. The minimum absolute atomic E-state index is 0.750. The summed E-state index contributed by atoms with van der Waals surface area (Å²) in [6, 6.07) is 12.6. The third-order valence-corrected chi connectivity index (χ3v) is 4.39. The van der Waals surface area contributed by atoms with E-state index < -0.39 is 0 Å². The maximum atomic E-state index is 3.40. The maximum absolute atomic E-state index is 3.40. The minimum Gasteiger partial charge on any atom is -0.317 e. The van der Waals surface area contributed by atoms with Crippen molar-refractivity contribution in [3.05, 3.63) is 35.9 Å². The Kier molecular flexibility index (Phi) is 3.17. The van der Waals surface area contributed by atoms with Crippen LogP contribution in [0.2, 0.25) is 0 Å². The van der Waals surface area contributed by atoms with Gasteiger partial charge < -0.3 is 5.32 Å². The van der Waals surface area contributed by atoms with Gasteiger partial charge in [0, 0.05) is 18.0 Å². The standard InChI is InChI=1S/C15H22N2/c1-16-13-7-9-17(10-8-13)15-11-14(15)12-5-3-2-4-6-12/h2-6,13-16H,7-11H2,1H3. The molecule has 1 aromatic carbocycles. The third-order valence-electron chi connectivity index (χ3n) is 4.39. The van der Waals surface area contributed by atoms with Gasteiger partial charge in [-0.25, -0.2) is 0 Å². The van der Waals surface area contributed by atoms with Gasteiger partial charge in [0.1, 0.15) is 0 Å². The van der Waals surface area contributed by atoms with Crippen LogP contribution in [-0.2, 0) is 0 Å². The van der Waals surface area contributed by atoms with Crippen LogP contribution in [0.4, 0.5) is 0 Å². The highest BCUT2D eigenvalue weighted by Crippen LogP contribution is 2.45. The van der Waals surface area contributed by atoms with Crippen LogP contribution in [0, 0.1) is 0 Å². The van der Waals surface area contributed by atoms with Gasteiger partial charge in [-0.15, -0.1) is 0 Å². The highest BCUT2D eigenvalue weighted by Gasteiger charge is 2.43. The van der Waals surface area contributed by atoms with E-state index in [1.165, 1.54) is 37.9 Å². The van der Waals surface area contributed by atoms with Gasteiger partial charge in [-0.3, -0.25) is 4.90 Å². The average molecular weight is 230 g/mol. The molecule has 2 unspecified atom stereocenters. The van der Waals surface area contributed by atoms with E-state index in [1.54, 1.807) is 0 Å². The molecule has 0 radical (unpaired) electrons. The van der Waals surface area contributed by atoms with Crippen LogP contribution in [0.3, 0.4) is 0 Å². The van der Waals surface area contributed by atoms with Crippen LogP contribution in [0.1, 0.15) is 30.7 Å². The summed E-state index contributed by atoms with van der Waals surface area (Å²) in [5.74, 6) is 0.808. The number of benzene rings is 1. The molecule has 0 spiro atoms. The summed E-state index contributed by atoms with van der Waals surface area (Å²) in [5.41, 5.74) is 1.54. The van der Waals surface area contributed by atoms with Crippen LogP contribution in [0.15, 0.2) is 30.3 Å². The molecule has 1 heterocycles. The Bertz CT molecular complexity index is 354. The summed E-state index contributed by atoms with van der Waals surface area (Å²) in [6.45, 7) is 2.55. The topological polar surface area (TPSA) is 15.3 Å². The van der Waals surface area contributed by atoms with Crippen molar-refractivity contribution in [2.24, 2.45) is 0 Å². The summed E-state index contributed by atoms with van der Waals surface area (Å²) < 4.78 is 0. The first-order valence-corrected chi connectivity index (χ1v) is 6.85. The van der Waals surface area contributed by atoms with Crippen LogP contribution in [0.25, 0.3) is 0 Å². The second-order valence-corrected chi connectivity index (χ2v) is 5.42. The molecule has 1 saturated carbocycles. The average Bonchev–Trinajstić information content (AvgIpc) is 3.20. The zero-order valence-electron chi connectivity index (χ0n) is 10.6. The van der Waals surface area contributed by atoms with Crippen LogP contribution < -0.4 is 5.32 Å². The Morgan fingerprint density at radius 1 is 1.12 bits per heavy atom. The van der Waals surface area contributed by atoms with Crippen LogP contribution in [-0.4, -0.2) is 37.1 Å². The van der Waals surface area contributed by atoms with Gasteiger partial charge in [0.05, 0.1) is 0 Å². The molecule has 1 N–H and O–H groups in total. The summed E-state index contributed by atoms with van der Waals surface area (Å²) >= 11 is 0. The lowest BCUT2D eigenvalue weighted by molar-refractivity contribution is 0.190. The zero-order chi connectivity index (χ0) is 11.7. The quantitative estimate of drug-likeness (QED) is 0.856. The lowest BCUT2D eigenvalue weighted by Crippen LogP contribution is -2.42. The molecule has 2 fully saturated rings. The fraction of sp³-hybridized carbons (Fsp3) is 0.600. The first-order chi connectivity index (χ1) is 8.38. The molecular formula is C15H22N2. The molecule has 3 rings (SSSR count). The predicted octanol–water partition coefficient (Wildman–Crippen LogP) is 2.23. The molecular weight excluding hydrogens is 208 g/mol. The number of likely N-dealkylation sites (tertiary alicyclic amines) is 1. The molecule has 1 aromatic rings. The lowest BCUT2D eigenvalue weighted by Gasteiger charge is -2.32. The van der Waals surface area contributed by atoms with Gasteiger partial charge in [0.25, 0.3) is 0 Å². The van der Waals surface area contributed by atoms with Crippen molar-refractivity contribution in [2.45, 2.75) is 37.3 Å². The molecule has 17 heavy (non-hydrogen) atoms. The molecule has 92 valence electrons. The number of piperidine rings is 1. The second-order valence-electron chi connectivity index (χ2n) is 5.42. The number of hydrogen-bond donors (Lipinski definition) is 1. The smallest absolute Gasteiger partial charge is 0.0171 e. The van der Waals surface area contributed by atoms with E-state index in [9.17, 15) is 0 Å². The van der Waals surface area contributed by atoms with Crippen molar-refractivity contribution in [2.75, 3.05) is 20.1 Å². The SMILES string of the molecule is CNC1CCN(C2CC2c2ccccc2)CC1. The maximum Gasteiger partial charge on any atom is 0.0171 e. The number of nitrogens with one attached hydrogen (secondary N) is 1. The Balaban J connectivity index is 1.56. The summed E-state index contributed by atoms with van der Waals surface area (Å²) in [4.78, 5) is 2.70. The van der Waals surface area contributed by atoms with E-state index >= 15 is 0 Å². The van der Waals surface area contributed by atoms with Crippen LogP contribution >= 0.6 is 0 Å². The fourth-order valence-corrected chi connectivity index (χ4v) is 3.16. The molecule has 0 amide bonds. The first kappa shape index (κ1) is 11.2. The molecule has 1 saturated heterocycles. The van der Waals surface area contributed by atoms with Gasteiger partial charge in [0.15, 0.2) is 0 Å². The van der Waals surface area contributed by atoms with Crippen molar-refractivity contribution in [1.82, 2.24) is 10.2 Å². The van der Waals surface area contributed by atoms with Crippen molar-refractivity contribution in [3.63, 3.8) is 0 Å². The van der Waals surface area contributed by atoms with E-state index in [0.29, 0.717) is 0 Å². The summed E-state index contributed by atoms with van der Waals surface area (Å²) in [5, 5.41) is 3.40. The zero-order valence-corrected chi connectivity index (χ0v) is 10.6. The van der Waals surface area contributed by atoms with Gasteiger partial charge in [0.2, 0.25) is 0 Å². The molecule has 2 atom stereocenters. The Morgan fingerprint density at radius 2 is 1.82 bits per heavy atom. The highest BCUT2D eigenvalue weighted by atomic mass is 15.2. The summed E-state index contributed by atoms with van der Waals surface area (Å²) in [7, 11) is 2.09. The second kappa shape index (κ2) is 4.79. The van der Waals surface area contributed by atoms with E-state index in [2.05, 4.69) is 47.6 Å². The van der Waals surface area contributed by atoms with Crippen LogP contribution in [0.5, 0.6) is 0 Å². The van der Waals surface area contributed by atoms with E-state index in [4.69, 9.17) is 0 Å². The molecule has 0 aromatic heterocycles. The Hall–Kier alpha value is -0.860. The molecule has 0 bridgehead atoms. The van der Waals surface area contributed by atoms with Crippen molar-refractivity contribution in [3.8, 4) is 0 Å². The van der Waals surface area contributed by atoms with Crippen molar-refractivity contribution >= 4 is 0 Å². The third kappa shape index (κ3) is 2.38. The molecule has 2 nitrogen and oxygen atoms in total. The van der Waals surface area contributed by atoms with Crippen molar-refractivity contribution in [1.29, 1.82) is 0 Å². The first-order valence-electron chi connectivity index (χ1n) is 6.85. The molecule has 1 aliphatic carbocycles. The fourth-order valence-electron chi connectivity index (χ4n) is 3.16. The predicted molar refractivity (Wildman–Crippen MR) is 71.2 cm³/mol. The minimum atomic E-state index is 0.750. The van der Waals surface area contributed by atoms with E-state index in [-0.39, 0.29) is 0 Å². The number of hydrogen-bond acceptors (Lipinski definition) is 2. The highest BCUT2D eigenvalue weighted by molar-refractivity contribution is 5.27. The van der Waals surface area contributed by atoms with E-state index in [0.717, 1.165) is 18.0 Å². The largest absolute Gasteiger partial charge is 0.317 e. The van der Waals surface area contributed by atoms with Crippen molar-refractivity contribution < 1.29 is 0 Å². The Labute approximate surface area is 104 Å². The normalized spacial score (nSPS) is 30.4. The molecule has 2 heteroatoms. The Morgan fingerprint density at radius 3 is 2.47 bits per heavy atom. The van der Waals surface area contributed by atoms with Gasteiger partial charge in [-0.1, -0.05) is 30.3 Å². The van der Waals surface area contributed by atoms with Gasteiger partial charge in [-0.2, -0.15) is 0 Å². The number of nitrogens with zero attached hydrogens (tertiary/aromatic N) is 1.